The first-order valence-corrected chi connectivity index (χ1v) is 3.32. The van der Waals surface area contributed by atoms with Gasteiger partial charge in [0.1, 0.15) is 6.10 Å². The molecule has 0 N–H and O–H groups in total. The van der Waals surface area contributed by atoms with Gasteiger partial charge < -0.3 is 9.64 Å². The van der Waals surface area contributed by atoms with Crippen molar-refractivity contribution in [3.8, 4) is 6.07 Å². The Morgan fingerprint density at radius 3 is 2.60 bits per heavy atom. The Hall–Kier alpha value is -0.590. The van der Waals surface area contributed by atoms with Gasteiger partial charge in [0.2, 0.25) is 0 Å². The van der Waals surface area contributed by atoms with Crippen LogP contribution >= 0.6 is 0 Å². The van der Waals surface area contributed by atoms with E-state index in [1.807, 2.05) is 25.1 Å². The topological polar surface area (TPSA) is 36.3 Å². The summed E-state index contributed by atoms with van der Waals surface area (Å²) in [5, 5.41) is 8.31. The Bertz CT molecular complexity index is 117. The fraction of sp³-hybridized carbons (Fsp3) is 0.857. The lowest BCUT2D eigenvalue weighted by Crippen LogP contribution is -2.20. The lowest BCUT2D eigenvalue weighted by Gasteiger charge is -2.10. The van der Waals surface area contributed by atoms with E-state index in [9.17, 15) is 0 Å². The molecule has 10 heavy (non-hydrogen) atoms. The molecule has 1 atom stereocenters. The number of nitrogens with zero attached hydrogens (tertiary/aromatic N) is 2. The highest BCUT2D eigenvalue weighted by atomic mass is 16.5. The molecule has 0 fully saturated rings. The molecule has 0 aliphatic carbocycles. The van der Waals surface area contributed by atoms with Gasteiger partial charge >= 0.3 is 0 Å². The Kier molecular flexibility index (Phi) is 4.91. The first-order chi connectivity index (χ1) is 4.66. The molecular weight excluding hydrogens is 128 g/mol. The fourth-order valence-electron chi connectivity index (χ4n) is 0.449. The van der Waals surface area contributed by atoms with Crippen LogP contribution in [0.3, 0.4) is 0 Å². The first-order valence-electron chi connectivity index (χ1n) is 3.32. The SMILES string of the molecule is CC(C#N)OCCN(C)C. The third-order valence-corrected chi connectivity index (χ3v) is 1.09. The van der Waals surface area contributed by atoms with E-state index in [0.717, 1.165) is 6.54 Å². The maximum atomic E-state index is 8.31. The molecule has 0 bridgehead atoms. The summed E-state index contributed by atoms with van der Waals surface area (Å²) in [5.41, 5.74) is 0. The number of hydrogen-bond acceptors (Lipinski definition) is 3. The molecule has 0 rings (SSSR count). The van der Waals surface area contributed by atoms with Crippen LogP contribution in [0.2, 0.25) is 0 Å². The lowest BCUT2D eigenvalue weighted by atomic mass is 10.4. The van der Waals surface area contributed by atoms with Crippen LogP contribution in [0.15, 0.2) is 0 Å². The molecule has 3 heteroatoms. The van der Waals surface area contributed by atoms with E-state index in [-0.39, 0.29) is 6.10 Å². The zero-order valence-corrected chi connectivity index (χ0v) is 6.79. The van der Waals surface area contributed by atoms with Crippen molar-refractivity contribution in [2.24, 2.45) is 0 Å². The van der Waals surface area contributed by atoms with Gasteiger partial charge in [-0.05, 0) is 21.0 Å². The van der Waals surface area contributed by atoms with Crippen LogP contribution in [0.1, 0.15) is 6.92 Å². The summed E-state index contributed by atoms with van der Waals surface area (Å²) in [6.07, 6.45) is -0.278. The van der Waals surface area contributed by atoms with E-state index in [4.69, 9.17) is 10.00 Å². The van der Waals surface area contributed by atoms with Crippen LogP contribution in [0.25, 0.3) is 0 Å². The van der Waals surface area contributed by atoms with Gasteiger partial charge in [0.25, 0.3) is 0 Å². The summed E-state index contributed by atoms with van der Waals surface area (Å²) in [5.74, 6) is 0. The number of ether oxygens (including phenoxy) is 1. The average molecular weight is 142 g/mol. The predicted octanol–water partition coefficient (Wildman–Crippen LogP) is 0.477. The lowest BCUT2D eigenvalue weighted by molar-refractivity contribution is 0.0889. The first kappa shape index (κ1) is 9.41. The highest BCUT2D eigenvalue weighted by Gasteiger charge is 1.97. The van der Waals surface area contributed by atoms with Crippen LogP contribution in [0.4, 0.5) is 0 Å². The van der Waals surface area contributed by atoms with E-state index in [0.29, 0.717) is 6.61 Å². The van der Waals surface area contributed by atoms with E-state index in [1.54, 1.807) is 6.92 Å². The molecule has 1 unspecified atom stereocenters. The fourth-order valence-corrected chi connectivity index (χ4v) is 0.449. The van der Waals surface area contributed by atoms with E-state index >= 15 is 0 Å². The van der Waals surface area contributed by atoms with Crippen LogP contribution in [0.5, 0.6) is 0 Å². The molecule has 0 aromatic heterocycles. The summed E-state index contributed by atoms with van der Waals surface area (Å²) in [7, 11) is 3.95. The van der Waals surface area contributed by atoms with E-state index < -0.39 is 0 Å². The van der Waals surface area contributed by atoms with Gasteiger partial charge in [0.05, 0.1) is 12.7 Å². The van der Waals surface area contributed by atoms with E-state index in [1.165, 1.54) is 0 Å². The zero-order chi connectivity index (χ0) is 7.98. The summed E-state index contributed by atoms with van der Waals surface area (Å²) >= 11 is 0. The molecule has 0 aromatic carbocycles. The van der Waals surface area contributed by atoms with Crippen LogP contribution < -0.4 is 0 Å². The maximum absolute atomic E-state index is 8.31. The molecule has 0 spiro atoms. The van der Waals surface area contributed by atoms with Crippen molar-refractivity contribution in [1.29, 1.82) is 5.26 Å². The maximum Gasteiger partial charge on any atom is 0.141 e. The number of nitriles is 1. The highest BCUT2D eigenvalue weighted by Crippen LogP contribution is 1.86. The second-order valence-corrected chi connectivity index (χ2v) is 2.45. The van der Waals surface area contributed by atoms with Crippen molar-refractivity contribution in [2.75, 3.05) is 27.2 Å². The standard InChI is InChI=1S/C7H14N2O/c1-7(6-8)10-5-4-9(2)3/h7H,4-5H2,1-3H3. The molecule has 0 heterocycles. The summed E-state index contributed by atoms with van der Waals surface area (Å²) < 4.78 is 5.10. The molecule has 0 saturated carbocycles. The number of hydrogen-bond donors (Lipinski definition) is 0. The molecule has 0 aliphatic heterocycles. The molecular formula is C7H14N2O. The van der Waals surface area contributed by atoms with Crippen LogP contribution in [-0.2, 0) is 4.74 Å². The largest absolute Gasteiger partial charge is 0.362 e. The summed E-state index contributed by atoms with van der Waals surface area (Å²) in [6.45, 7) is 3.24. The summed E-state index contributed by atoms with van der Waals surface area (Å²) in [6, 6.07) is 2.00. The van der Waals surface area contributed by atoms with Gasteiger partial charge in [-0.3, -0.25) is 0 Å². The van der Waals surface area contributed by atoms with Crippen molar-refractivity contribution in [1.82, 2.24) is 4.90 Å². The van der Waals surface area contributed by atoms with Crippen molar-refractivity contribution in [3.63, 3.8) is 0 Å². The third-order valence-electron chi connectivity index (χ3n) is 1.09. The molecule has 3 nitrogen and oxygen atoms in total. The third kappa shape index (κ3) is 5.54. The number of likely N-dealkylation sites (N-methyl/N-ethyl adjacent to an activating group) is 1. The van der Waals surface area contributed by atoms with Crippen molar-refractivity contribution >= 4 is 0 Å². The molecule has 0 aromatic rings. The van der Waals surface area contributed by atoms with Gasteiger partial charge in [-0.25, -0.2) is 0 Å². The Balaban J connectivity index is 3.13. The second-order valence-electron chi connectivity index (χ2n) is 2.45. The molecule has 0 amide bonds. The van der Waals surface area contributed by atoms with Crippen LogP contribution in [0, 0.1) is 11.3 Å². The quantitative estimate of drug-likeness (QED) is 0.572. The van der Waals surface area contributed by atoms with Gasteiger partial charge in [-0.15, -0.1) is 0 Å². The van der Waals surface area contributed by atoms with E-state index in [2.05, 4.69) is 0 Å². The molecule has 0 saturated heterocycles. The van der Waals surface area contributed by atoms with Gasteiger partial charge in [-0.1, -0.05) is 0 Å². The van der Waals surface area contributed by atoms with Crippen molar-refractivity contribution in [3.05, 3.63) is 0 Å². The molecule has 58 valence electrons. The molecule has 0 radical (unpaired) electrons. The minimum absolute atomic E-state index is 0.278. The molecule has 0 aliphatic rings. The highest BCUT2D eigenvalue weighted by molar-refractivity contribution is 4.78. The Morgan fingerprint density at radius 2 is 2.20 bits per heavy atom. The average Bonchev–Trinajstić information content (AvgIpc) is 1.87. The Labute approximate surface area is 62.2 Å². The van der Waals surface area contributed by atoms with Gasteiger partial charge in [0.15, 0.2) is 0 Å². The van der Waals surface area contributed by atoms with Gasteiger partial charge in [-0.2, -0.15) is 5.26 Å². The normalized spacial score (nSPS) is 13.1. The number of rotatable bonds is 4. The minimum atomic E-state index is -0.278. The second kappa shape index (κ2) is 5.21. The predicted molar refractivity (Wildman–Crippen MR) is 39.6 cm³/mol. The summed E-state index contributed by atoms with van der Waals surface area (Å²) in [4.78, 5) is 2.02. The smallest absolute Gasteiger partial charge is 0.141 e. The Morgan fingerprint density at radius 1 is 1.60 bits per heavy atom. The zero-order valence-electron chi connectivity index (χ0n) is 6.79. The monoisotopic (exact) mass is 142 g/mol. The van der Waals surface area contributed by atoms with Crippen molar-refractivity contribution < 1.29 is 4.74 Å². The van der Waals surface area contributed by atoms with Crippen molar-refractivity contribution in [2.45, 2.75) is 13.0 Å². The van der Waals surface area contributed by atoms with Gasteiger partial charge in [0, 0.05) is 6.54 Å². The minimum Gasteiger partial charge on any atom is -0.362 e. The van der Waals surface area contributed by atoms with Crippen LogP contribution in [-0.4, -0.2) is 38.3 Å².